The summed E-state index contributed by atoms with van der Waals surface area (Å²) in [4.78, 5) is 30.6. The van der Waals surface area contributed by atoms with Gasteiger partial charge in [0.1, 0.15) is 11.5 Å². The van der Waals surface area contributed by atoms with Crippen molar-refractivity contribution >= 4 is 11.8 Å². The number of aryl methyl sites for hydroxylation is 6. The van der Waals surface area contributed by atoms with Crippen molar-refractivity contribution in [2.24, 2.45) is 0 Å². The molecule has 8 rings (SSSR count). The van der Waals surface area contributed by atoms with Gasteiger partial charge in [-0.15, -0.1) is 0 Å². The Morgan fingerprint density at radius 3 is 1.61 bits per heavy atom. The Labute approximate surface area is 322 Å². The Bertz CT molecular complexity index is 1870. The summed E-state index contributed by atoms with van der Waals surface area (Å²) >= 11 is 0. The van der Waals surface area contributed by atoms with Gasteiger partial charge >= 0.3 is 0 Å². The second kappa shape index (κ2) is 16.7. The lowest BCUT2D eigenvalue weighted by Crippen LogP contribution is -2.47. The maximum atomic E-state index is 13.1. The highest BCUT2D eigenvalue weighted by Crippen LogP contribution is 2.46. The van der Waals surface area contributed by atoms with E-state index in [0.717, 1.165) is 74.3 Å². The summed E-state index contributed by atoms with van der Waals surface area (Å²) in [6, 6.07) is 19.2. The fourth-order valence-corrected chi connectivity index (χ4v) is 10.6. The molecule has 2 aromatic carbocycles. The molecular weight excluding hydrogens is 673 g/mol. The zero-order valence-corrected chi connectivity index (χ0v) is 33.4. The normalized spacial score (nSPS) is 24.4. The van der Waals surface area contributed by atoms with Gasteiger partial charge in [-0.3, -0.25) is 9.59 Å². The Kier molecular flexibility index (Phi) is 11.8. The largest absolute Gasteiger partial charge is 0.361 e. The van der Waals surface area contributed by atoms with E-state index < -0.39 is 0 Å². The summed E-state index contributed by atoms with van der Waals surface area (Å²) in [6.45, 7) is 12.3. The van der Waals surface area contributed by atoms with Crippen LogP contribution < -0.4 is 0 Å². The van der Waals surface area contributed by atoms with Gasteiger partial charge in [0.15, 0.2) is 0 Å². The van der Waals surface area contributed by atoms with Gasteiger partial charge in [-0.25, -0.2) is 0 Å². The van der Waals surface area contributed by atoms with E-state index in [9.17, 15) is 9.59 Å². The van der Waals surface area contributed by atoms with Crippen LogP contribution in [0.5, 0.6) is 0 Å². The Hall–Kier alpha value is -4.20. The lowest BCUT2D eigenvalue weighted by Gasteiger charge is -2.41. The molecule has 2 aromatic heterocycles. The molecule has 6 heterocycles. The molecule has 8 nitrogen and oxygen atoms in total. The zero-order valence-electron chi connectivity index (χ0n) is 33.4. The number of hydrogen-bond acceptors (Lipinski definition) is 6. The summed E-state index contributed by atoms with van der Waals surface area (Å²) in [5.74, 6) is 3.56. The Balaban J connectivity index is 0.000000167. The van der Waals surface area contributed by atoms with Crippen LogP contribution in [-0.4, -0.2) is 56.1 Å². The number of amides is 2. The van der Waals surface area contributed by atoms with E-state index >= 15 is 0 Å². The molecule has 4 saturated heterocycles. The maximum Gasteiger partial charge on any atom is 0.223 e. The van der Waals surface area contributed by atoms with Crippen LogP contribution >= 0.6 is 0 Å². The van der Waals surface area contributed by atoms with Crippen LogP contribution in [0.3, 0.4) is 0 Å². The molecule has 0 aliphatic carbocycles. The number of piperidine rings is 2. The van der Waals surface area contributed by atoms with Crippen molar-refractivity contribution in [2.75, 3.05) is 0 Å². The standard InChI is InChI=1S/2C23H30N2O2/c1-15-7-4-5-8-19(15)21-13-11-18-12-14-22(21)25(18)23(26)10-6-9-20-16(2)24-27-17(20)3;1-15-7-4-5-8-21(15)18-13-19-11-12-20(14-18)25(19)23(26)10-6-9-22-16(2)24-27-17(22)3/h4-5,7-8,18,21-22H,6,9-14H2,1-3H3;4-5,7-8,18-20H,6,9-14H2,1-3H3. The first-order valence-corrected chi connectivity index (χ1v) is 20.7. The van der Waals surface area contributed by atoms with Crippen LogP contribution in [0.25, 0.3) is 0 Å². The van der Waals surface area contributed by atoms with Gasteiger partial charge in [-0.05, 0) is 147 Å². The average molecular weight is 733 g/mol. The van der Waals surface area contributed by atoms with Gasteiger partial charge in [0.05, 0.1) is 11.4 Å². The SMILES string of the molecule is Cc1ccccc1C1CC2CCC(C1)N2C(=O)CCCc1c(C)noc1C.Cc1ccccc1C1CCC2CCC1N2C(=O)CCCc1c(C)noc1C. The first-order chi connectivity index (χ1) is 26.1. The number of hydrogen-bond donors (Lipinski definition) is 0. The average Bonchev–Trinajstić information content (AvgIpc) is 3.85. The Morgan fingerprint density at radius 1 is 0.611 bits per heavy atom. The monoisotopic (exact) mass is 732 g/mol. The molecule has 2 amide bonds. The van der Waals surface area contributed by atoms with Gasteiger partial charge in [0.2, 0.25) is 11.8 Å². The van der Waals surface area contributed by atoms with Crippen LogP contribution in [0.15, 0.2) is 57.6 Å². The summed E-state index contributed by atoms with van der Waals surface area (Å²) in [5.41, 5.74) is 9.93. The molecule has 288 valence electrons. The summed E-state index contributed by atoms with van der Waals surface area (Å²) < 4.78 is 10.5. The number of carbonyl (C=O) groups excluding carboxylic acids is 2. The molecule has 4 fully saturated rings. The summed E-state index contributed by atoms with van der Waals surface area (Å²) in [5, 5.41) is 8.03. The fourth-order valence-electron chi connectivity index (χ4n) is 10.6. The molecule has 4 bridgehead atoms. The minimum absolute atomic E-state index is 0.340. The van der Waals surface area contributed by atoms with Crippen molar-refractivity contribution in [1.82, 2.24) is 20.1 Å². The highest BCUT2D eigenvalue weighted by molar-refractivity contribution is 5.78. The second-order valence-electron chi connectivity index (χ2n) is 16.7. The van der Waals surface area contributed by atoms with Gasteiger partial charge < -0.3 is 18.8 Å². The minimum Gasteiger partial charge on any atom is -0.361 e. The number of benzene rings is 2. The quantitative estimate of drug-likeness (QED) is 0.161. The van der Waals surface area contributed by atoms with E-state index in [1.54, 1.807) is 0 Å². The van der Waals surface area contributed by atoms with Gasteiger partial charge in [-0.1, -0.05) is 58.8 Å². The van der Waals surface area contributed by atoms with Gasteiger partial charge in [0.25, 0.3) is 0 Å². The maximum absolute atomic E-state index is 13.1. The summed E-state index contributed by atoms with van der Waals surface area (Å²) in [6.07, 6.45) is 14.0. The van der Waals surface area contributed by atoms with Gasteiger partial charge in [0, 0.05) is 54.1 Å². The predicted octanol–water partition coefficient (Wildman–Crippen LogP) is 9.72. The van der Waals surface area contributed by atoms with Crippen molar-refractivity contribution in [1.29, 1.82) is 0 Å². The van der Waals surface area contributed by atoms with Crippen LogP contribution in [0.4, 0.5) is 0 Å². The molecule has 5 atom stereocenters. The molecule has 4 aromatic rings. The molecule has 4 aliphatic heterocycles. The van der Waals surface area contributed by atoms with Crippen LogP contribution in [-0.2, 0) is 22.4 Å². The van der Waals surface area contributed by atoms with Crippen molar-refractivity contribution in [3.8, 4) is 0 Å². The number of aromatic nitrogens is 2. The zero-order chi connectivity index (χ0) is 37.9. The number of carbonyl (C=O) groups is 2. The van der Waals surface area contributed by atoms with Crippen LogP contribution in [0, 0.1) is 41.5 Å². The third kappa shape index (κ3) is 7.94. The number of nitrogens with zero attached hydrogens (tertiary/aromatic N) is 4. The molecule has 54 heavy (non-hydrogen) atoms. The number of fused-ring (bicyclic) bond motifs is 4. The van der Waals surface area contributed by atoms with Crippen LogP contribution in [0.1, 0.15) is 145 Å². The van der Waals surface area contributed by atoms with Gasteiger partial charge in [-0.2, -0.15) is 0 Å². The van der Waals surface area contributed by atoms with E-state index in [4.69, 9.17) is 9.05 Å². The fraction of sp³-hybridized carbons (Fsp3) is 0.565. The van der Waals surface area contributed by atoms with E-state index in [0.29, 0.717) is 60.7 Å². The third-order valence-electron chi connectivity index (χ3n) is 13.3. The number of rotatable bonds is 10. The van der Waals surface area contributed by atoms with E-state index in [-0.39, 0.29) is 0 Å². The van der Waals surface area contributed by atoms with E-state index in [1.807, 2.05) is 27.7 Å². The minimum atomic E-state index is 0.340. The van der Waals surface area contributed by atoms with E-state index in [1.165, 1.54) is 59.1 Å². The molecule has 0 spiro atoms. The Morgan fingerprint density at radius 2 is 1.09 bits per heavy atom. The lowest BCUT2D eigenvalue weighted by atomic mass is 9.82. The highest BCUT2D eigenvalue weighted by Gasteiger charge is 2.45. The van der Waals surface area contributed by atoms with Crippen molar-refractivity contribution < 1.29 is 18.6 Å². The van der Waals surface area contributed by atoms with Crippen molar-refractivity contribution in [2.45, 2.75) is 167 Å². The van der Waals surface area contributed by atoms with E-state index in [2.05, 4.69) is 82.5 Å². The second-order valence-corrected chi connectivity index (χ2v) is 16.7. The highest BCUT2D eigenvalue weighted by atomic mass is 16.5. The predicted molar refractivity (Wildman–Crippen MR) is 211 cm³/mol. The molecule has 0 saturated carbocycles. The molecule has 5 unspecified atom stereocenters. The smallest absolute Gasteiger partial charge is 0.223 e. The molecule has 8 heteroatoms. The lowest BCUT2D eigenvalue weighted by molar-refractivity contribution is -0.136. The first kappa shape index (κ1) is 38.1. The molecule has 4 aliphatic rings. The van der Waals surface area contributed by atoms with Crippen LogP contribution in [0.2, 0.25) is 0 Å². The molecule has 0 radical (unpaired) electrons. The topological polar surface area (TPSA) is 92.7 Å². The third-order valence-corrected chi connectivity index (χ3v) is 13.3. The molecular formula is C46H60N4O4. The van der Waals surface area contributed by atoms with Crippen molar-refractivity contribution in [3.63, 3.8) is 0 Å². The summed E-state index contributed by atoms with van der Waals surface area (Å²) in [7, 11) is 0. The first-order valence-electron chi connectivity index (χ1n) is 20.7. The van der Waals surface area contributed by atoms with Crippen molar-refractivity contribution in [3.05, 3.63) is 105 Å². The molecule has 0 N–H and O–H groups in total.